The van der Waals surface area contributed by atoms with Gasteiger partial charge in [0.25, 0.3) is 5.91 Å². The highest BCUT2D eigenvalue weighted by molar-refractivity contribution is 6.80. The van der Waals surface area contributed by atoms with Crippen LogP contribution in [0.4, 0.5) is 4.39 Å². The van der Waals surface area contributed by atoms with Gasteiger partial charge in [0.15, 0.2) is 0 Å². The molecule has 2 radical (unpaired) electrons. The summed E-state index contributed by atoms with van der Waals surface area (Å²) in [4.78, 5) is 11.5. The third-order valence-corrected chi connectivity index (χ3v) is 1.93. The van der Waals surface area contributed by atoms with Gasteiger partial charge in [-0.05, 0) is 17.7 Å². The summed E-state index contributed by atoms with van der Waals surface area (Å²) in [5, 5.41) is 2.57. The standard InChI is InChI=1S/C11H13FN2O.C2H6.BCl/c12-6-9(7-13)8-14-11(15)10-4-2-1-3-5-10;2*1-2/h1-6H,7-8,13H2,(H,14,15);1-2H3;/b9-6+;;. The molecule has 0 heterocycles. The van der Waals surface area contributed by atoms with Crippen molar-refractivity contribution in [3.63, 3.8) is 0 Å². The van der Waals surface area contributed by atoms with Gasteiger partial charge in [0, 0.05) is 18.7 Å². The minimum atomic E-state index is -0.233. The summed E-state index contributed by atoms with van der Waals surface area (Å²) in [5.74, 6) is -0.233. The number of nitrogens with one attached hydrogen (secondary N) is 1. The first-order valence-corrected chi connectivity index (χ1v) is 6.25. The van der Waals surface area contributed by atoms with Gasteiger partial charge in [0.05, 0.1) is 6.33 Å². The number of halogens is 2. The quantitative estimate of drug-likeness (QED) is 0.835. The molecule has 1 amide bonds. The Hall–Kier alpha value is -1.33. The van der Waals surface area contributed by atoms with E-state index in [1.807, 2.05) is 19.9 Å². The van der Waals surface area contributed by atoms with Gasteiger partial charge >= 0.3 is 0 Å². The van der Waals surface area contributed by atoms with Crippen LogP contribution in [-0.4, -0.2) is 26.3 Å². The first-order valence-electron chi connectivity index (χ1n) is 5.81. The van der Waals surface area contributed by atoms with Crippen molar-refractivity contribution in [3.8, 4) is 0 Å². The van der Waals surface area contributed by atoms with E-state index in [0.29, 0.717) is 17.5 Å². The second-order valence-electron chi connectivity index (χ2n) is 3.02. The van der Waals surface area contributed by atoms with Crippen LogP contribution in [0.3, 0.4) is 0 Å². The van der Waals surface area contributed by atoms with Crippen LogP contribution >= 0.6 is 11.5 Å². The first kappa shape index (κ1) is 20.0. The Kier molecular flexibility index (Phi) is 15.5. The number of hydrogen-bond acceptors (Lipinski definition) is 2. The van der Waals surface area contributed by atoms with E-state index >= 15 is 0 Å². The lowest BCUT2D eigenvalue weighted by atomic mass is 10.2. The van der Waals surface area contributed by atoms with Gasteiger partial charge in [-0.1, -0.05) is 32.0 Å². The van der Waals surface area contributed by atoms with Gasteiger partial charge in [-0.25, -0.2) is 15.9 Å². The lowest BCUT2D eigenvalue weighted by Crippen LogP contribution is -2.27. The highest BCUT2D eigenvalue weighted by Gasteiger charge is 2.04. The maximum absolute atomic E-state index is 12.1. The summed E-state index contributed by atoms with van der Waals surface area (Å²) in [7, 11) is 3.97. The number of benzene rings is 1. The predicted molar refractivity (Wildman–Crippen MR) is 80.0 cm³/mol. The molecule has 0 aliphatic carbocycles. The monoisotopic (exact) mass is 284 g/mol. The average molecular weight is 285 g/mol. The van der Waals surface area contributed by atoms with Crippen molar-refractivity contribution in [1.29, 1.82) is 0 Å². The Morgan fingerprint density at radius 2 is 1.89 bits per heavy atom. The molecule has 0 unspecified atom stereocenters. The zero-order chi connectivity index (χ0) is 15.1. The predicted octanol–water partition coefficient (Wildman–Crippen LogP) is 2.56. The molecule has 0 aliphatic heterocycles. The summed E-state index contributed by atoms with van der Waals surface area (Å²) in [6.07, 6.45) is 0.422. The number of carbonyl (C=O) groups is 1. The number of rotatable bonds is 4. The van der Waals surface area contributed by atoms with Crippen molar-refractivity contribution in [2.24, 2.45) is 5.73 Å². The number of amides is 1. The van der Waals surface area contributed by atoms with E-state index in [-0.39, 0.29) is 19.0 Å². The normalized spacial score (nSPS) is 9.42. The molecule has 0 aromatic heterocycles. The first-order chi connectivity index (χ1) is 9.27. The molecule has 19 heavy (non-hydrogen) atoms. The SMILES string of the molecule is CC.NC/C(=C\F)CNC(=O)c1ccccc1.[B]Cl. The van der Waals surface area contributed by atoms with E-state index in [1.165, 1.54) is 0 Å². The van der Waals surface area contributed by atoms with Gasteiger partial charge in [0.2, 0.25) is 7.26 Å². The van der Waals surface area contributed by atoms with Crippen LogP contribution in [0.5, 0.6) is 0 Å². The van der Waals surface area contributed by atoms with E-state index in [0.717, 1.165) is 0 Å². The Bertz CT molecular complexity index is 361. The fourth-order valence-electron chi connectivity index (χ4n) is 1.04. The molecule has 0 bridgehead atoms. The van der Waals surface area contributed by atoms with Crippen LogP contribution in [0.1, 0.15) is 24.2 Å². The molecule has 0 aliphatic rings. The zero-order valence-electron chi connectivity index (χ0n) is 11.2. The Morgan fingerprint density at radius 1 is 1.37 bits per heavy atom. The van der Waals surface area contributed by atoms with Gasteiger partial charge < -0.3 is 11.1 Å². The van der Waals surface area contributed by atoms with Crippen LogP contribution < -0.4 is 11.1 Å². The molecular formula is C13H19BClFN2O. The topological polar surface area (TPSA) is 55.1 Å². The smallest absolute Gasteiger partial charge is 0.251 e. The minimum absolute atomic E-state index is 0.103. The van der Waals surface area contributed by atoms with Crippen LogP contribution in [0.2, 0.25) is 0 Å². The third kappa shape index (κ3) is 9.28. The molecule has 0 saturated heterocycles. The summed E-state index contributed by atoms with van der Waals surface area (Å²) < 4.78 is 12.1. The highest BCUT2D eigenvalue weighted by atomic mass is 35.5. The molecule has 0 saturated carbocycles. The van der Waals surface area contributed by atoms with E-state index in [4.69, 9.17) is 5.73 Å². The second kappa shape index (κ2) is 14.7. The van der Waals surface area contributed by atoms with E-state index in [9.17, 15) is 9.18 Å². The largest absolute Gasteiger partial charge is 0.348 e. The molecule has 0 atom stereocenters. The van der Waals surface area contributed by atoms with Gasteiger partial charge in [-0.3, -0.25) is 4.79 Å². The minimum Gasteiger partial charge on any atom is -0.348 e. The second-order valence-corrected chi connectivity index (χ2v) is 3.02. The zero-order valence-corrected chi connectivity index (χ0v) is 12.0. The molecule has 104 valence electrons. The van der Waals surface area contributed by atoms with E-state index in [1.54, 1.807) is 24.3 Å². The molecule has 1 aromatic carbocycles. The average Bonchev–Trinajstić information content (AvgIpc) is 2.53. The molecule has 1 rings (SSSR count). The van der Waals surface area contributed by atoms with Crippen LogP contribution in [-0.2, 0) is 0 Å². The summed E-state index contributed by atoms with van der Waals surface area (Å²) >= 11 is 4.14. The van der Waals surface area contributed by atoms with E-state index < -0.39 is 0 Å². The van der Waals surface area contributed by atoms with Gasteiger partial charge in [0.1, 0.15) is 0 Å². The number of nitrogens with two attached hydrogens (primary N) is 1. The Balaban J connectivity index is 0. The summed E-state index contributed by atoms with van der Waals surface area (Å²) in [5.41, 5.74) is 6.16. The fraction of sp³-hybridized carbons (Fsp3) is 0.308. The highest BCUT2D eigenvalue weighted by Crippen LogP contribution is 1.98. The maximum Gasteiger partial charge on any atom is 0.251 e. The Labute approximate surface area is 120 Å². The molecule has 3 N–H and O–H groups in total. The molecule has 0 spiro atoms. The maximum atomic E-state index is 12.1. The van der Waals surface area contributed by atoms with Crippen molar-refractivity contribution in [2.75, 3.05) is 13.1 Å². The van der Waals surface area contributed by atoms with Crippen molar-refractivity contribution in [3.05, 3.63) is 47.8 Å². The van der Waals surface area contributed by atoms with Crippen LogP contribution in [0.15, 0.2) is 42.2 Å². The lowest BCUT2D eigenvalue weighted by molar-refractivity contribution is 0.0957. The molecular weight excluding hydrogens is 265 g/mol. The van der Waals surface area contributed by atoms with Crippen LogP contribution in [0, 0.1) is 0 Å². The molecule has 3 nitrogen and oxygen atoms in total. The summed E-state index contributed by atoms with van der Waals surface area (Å²) in [6.45, 7) is 4.24. The van der Waals surface area contributed by atoms with Crippen molar-refractivity contribution in [2.45, 2.75) is 13.8 Å². The molecule has 1 aromatic rings. The molecule has 6 heteroatoms. The van der Waals surface area contributed by atoms with Gasteiger partial charge in [-0.2, -0.15) is 0 Å². The van der Waals surface area contributed by atoms with Crippen molar-refractivity contribution < 1.29 is 9.18 Å². The molecule has 0 fully saturated rings. The van der Waals surface area contributed by atoms with Crippen LogP contribution in [0.25, 0.3) is 0 Å². The van der Waals surface area contributed by atoms with Crippen molar-refractivity contribution >= 4 is 24.6 Å². The Morgan fingerprint density at radius 3 is 2.32 bits per heavy atom. The fourth-order valence-corrected chi connectivity index (χ4v) is 1.04. The number of hydrogen-bond donors (Lipinski definition) is 2. The van der Waals surface area contributed by atoms with Gasteiger partial charge in [-0.15, -0.1) is 0 Å². The summed E-state index contributed by atoms with van der Waals surface area (Å²) in [6, 6.07) is 8.74. The number of carbonyl (C=O) groups excluding carboxylic acids is 1. The third-order valence-electron chi connectivity index (χ3n) is 1.93. The van der Waals surface area contributed by atoms with Crippen molar-refractivity contribution in [1.82, 2.24) is 5.32 Å². The van der Waals surface area contributed by atoms with E-state index in [2.05, 4.69) is 24.0 Å². The lowest BCUT2D eigenvalue weighted by Gasteiger charge is -2.05.